The highest BCUT2D eigenvalue weighted by molar-refractivity contribution is 7.13. The van der Waals surface area contributed by atoms with Crippen LogP contribution in [0.2, 0.25) is 0 Å². The van der Waals surface area contributed by atoms with E-state index >= 15 is 0 Å². The van der Waals surface area contributed by atoms with Crippen molar-refractivity contribution in [1.82, 2.24) is 15.0 Å². The number of aromatic amines is 1. The number of halogens is 1. The number of para-hydroxylation sites is 2. The van der Waals surface area contributed by atoms with Crippen molar-refractivity contribution < 1.29 is 14.3 Å². The van der Waals surface area contributed by atoms with Crippen LogP contribution in [0.1, 0.15) is 29.3 Å². The second-order valence-corrected chi connectivity index (χ2v) is 10.0. The number of thiazole rings is 1. The van der Waals surface area contributed by atoms with E-state index in [4.69, 9.17) is 4.98 Å². The number of aromatic nitrogens is 3. The van der Waals surface area contributed by atoms with E-state index in [9.17, 15) is 14.3 Å². The summed E-state index contributed by atoms with van der Waals surface area (Å²) in [7, 11) is 0. The maximum atomic E-state index is 13.8. The summed E-state index contributed by atoms with van der Waals surface area (Å²) in [5, 5.41) is 19.2. The lowest BCUT2D eigenvalue weighted by molar-refractivity contribution is -0.137. The molecule has 0 amide bonds. The number of carboxylic acid groups (broad SMARTS) is 1. The van der Waals surface area contributed by atoms with E-state index in [1.165, 1.54) is 12.1 Å². The number of carboxylic acids is 1. The van der Waals surface area contributed by atoms with Crippen molar-refractivity contribution in [2.24, 2.45) is 0 Å². The monoisotopic (exact) mass is 529 g/mol. The van der Waals surface area contributed by atoms with Crippen LogP contribution in [0.25, 0.3) is 21.6 Å². The standard InChI is InChI=1S/C29H28FN5O2S/c1-3-19-14-21(30)12-17(2)26(19)33-25(28(36)37)13-18-8-10-20(11-9-18)27-32-22(16-38-27)15-31-29-34-23-6-4-5-7-24(23)35-29/h4-12,14,16,25,33H,3,13,15H2,1-2H3,(H,36,37)(H2,31,34,35). The van der Waals surface area contributed by atoms with Crippen LogP contribution < -0.4 is 10.6 Å². The summed E-state index contributed by atoms with van der Waals surface area (Å²) in [5.41, 5.74) is 6.79. The molecule has 1 unspecified atom stereocenters. The molecule has 0 aliphatic heterocycles. The summed E-state index contributed by atoms with van der Waals surface area (Å²) in [5.74, 6) is -0.571. The van der Waals surface area contributed by atoms with Gasteiger partial charge in [-0.25, -0.2) is 19.2 Å². The lowest BCUT2D eigenvalue weighted by Crippen LogP contribution is -2.32. The number of aliphatic carboxylic acids is 1. The van der Waals surface area contributed by atoms with Crippen molar-refractivity contribution in [2.75, 3.05) is 10.6 Å². The van der Waals surface area contributed by atoms with E-state index in [0.717, 1.165) is 38.4 Å². The molecule has 0 saturated heterocycles. The van der Waals surface area contributed by atoms with Gasteiger partial charge in [-0.15, -0.1) is 11.3 Å². The zero-order chi connectivity index (χ0) is 26.6. The third-order valence-corrected chi connectivity index (χ3v) is 7.34. The van der Waals surface area contributed by atoms with Crippen LogP contribution in [0, 0.1) is 12.7 Å². The van der Waals surface area contributed by atoms with Crippen LogP contribution in [-0.4, -0.2) is 32.1 Å². The van der Waals surface area contributed by atoms with Crippen LogP contribution in [0.5, 0.6) is 0 Å². The molecule has 2 aromatic heterocycles. The predicted molar refractivity (Wildman–Crippen MR) is 150 cm³/mol. The molecule has 0 fully saturated rings. The van der Waals surface area contributed by atoms with E-state index in [1.54, 1.807) is 18.3 Å². The SMILES string of the molecule is CCc1cc(F)cc(C)c1NC(Cc1ccc(-c2nc(CNc3nc4ccccc4[nH]3)cs2)cc1)C(=O)O. The number of fused-ring (bicyclic) bond motifs is 1. The Bertz CT molecular complexity index is 1540. The largest absolute Gasteiger partial charge is 0.480 e. The number of carbonyl (C=O) groups is 1. The fourth-order valence-electron chi connectivity index (χ4n) is 4.42. The Labute approximate surface area is 223 Å². The van der Waals surface area contributed by atoms with E-state index in [0.29, 0.717) is 36.6 Å². The lowest BCUT2D eigenvalue weighted by atomic mass is 10.0. The zero-order valence-electron chi connectivity index (χ0n) is 21.1. The number of nitrogens with one attached hydrogen (secondary N) is 3. The number of benzene rings is 3. The highest BCUT2D eigenvalue weighted by atomic mass is 32.1. The second-order valence-electron chi connectivity index (χ2n) is 9.15. The maximum Gasteiger partial charge on any atom is 0.326 e. The van der Waals surface area contributed by atoms with Gasteiger partial charge in [0.2, 0.25) is 5.95 Å². The Kier molecular flexibility index (Phi) is 7.37. The Hall–Kier alpha value is -4.24. The Morgan fingerprint density at radius 1 is 1.13 bits per heavy atom. The molecule has 38 heavy (non-hydrogen) atoms. The molecule has 0 aliphatic carbocycles. The third kappa shape index (κ3) is 5.68. The molecule has 1 atom stereocenters. The summed E-state index contributed by atoms with van der Waals surface area (Å²) in [6, 6.07) is 17.7. The average molecular weight is 530 g/mol. The van der Waals surface area contributed by atoms with Gasteiger partial charge < -0.3 is 20.7 Å². The summed E-state index contributed by atoms with van der Waals surface area (Å²) in [4.78, 5) is 24.6. The average Bonchev–Trinajstić information content (AvgIpc) is 3.55. The first-order valence-electron chi connectivity index (χ1n) is 12.4. The fourth-order valence-corrected chi connectivity index (χ4v) is 5.25. The Morgan fingerprint density at radius 3 is 2.66 bits per heavy atom. The molecular formula is C29H28FN5O2S. The van der Waals surface area contributed by atoms with Crippen LogP contribution in [0.4, 0.5) is 16.0 Å². The molecule has 9 heteroatoms. The zero-order valence-corrected chi connectivity index (χ0v) is 21.9. The first-order valence-corrected chi connectivity index (χ1v) is 13.3. The summed E-state index contributed by atoms with van der Waals surface area (Å²) in [6.07, 6.45) is 0.895. The van der Waals surface area contributed by atoms with Crippen molar-refractivity contribution in [3.8, 4) is 10.6 Å². The molecular weight excluding hydrogens is 501 g/mol. The number of rotatable bonds is 10. The van der Waals surface area contributed by atoms with Gasteiger partial charge in [0.15, 0.2) is 0 Å². The molecule has 0 bridgehead atoms. The minimum atomic E-state index is -0.957. The Balaban J connectivity index is 1.24. The molecule has 0 saturated carbocycles. The molecule has 0 spiro atoms. The smallest absolute Gasteiger partial charge is 0.326 e. The van der Waals surface area contributed by atoms with Gasteiger partial charge in [-0.1, -0.05) is 43.3 Å². The highest BCUT2D eigenvalue weighted by Crippen LogP contribution is 2.27. The molecule has 5 aromatic rings. The molecule has 7 nitrogen and oxygen atoms in total. The van der Waals surface area contributed by atoms with E-state index in [-0.39, 0.29) is 5.82 Å². The quantitative estimate of drug-likeness (QED) is 0.167. The number of aryl methyl sites for hydroxylation is 2. The maximum absolute atomic E-state index is 13.8. The normalized spacial score (nSPS) is 12.0. The second kappa shape index (κ2) is 11.0. The number of hydrogen-bond donors (Lipinski definition) is 4. The van der Waals surface area contributed by atoms with Crippen molar-refractivity contribution in [1.29, 1.82) is 0 Å². The number of anilines is 2. The topological polar surface area (TPSA) is 103 Å². The van der Waals surface area contributed by atoms with Gasteiger partial charge in [-0.05, 0) is 54.3 Å². The third-order valence-electron chi connectivity index (χ3n) is 6.40. The number of H-pyrrole nitrogens is 1. The van der Waals surface area contributed by atoms with Crippen LogP contribution in [-0.2, 0) is 24.2 Å². The van der Waals surface area contributed by atoms with Crippen molar-refractivity contribution >= 4 is 40.0 Å². The molecule has 2 heterocycles. The van der Waals surface area contributed by atoms with E-state index in [1.807, 2.05) is 60.8 Å². The van der Waals surface area contributed by atoms with Gasteiger partial charge in [0.1, 0.15) is 16.9 Å². The van der Waals surface area contributed by atoms with Gasteiger partial charge in [-0.2, -0.15) is 0 Å². The molecule has 5 rings (SSSR count). The fraction of sp³-hybridized carbons (Fsp3) is 0.207. The summed E-state index contributed by atoms with van der Waals surface area (Å²) >= 11 is 1.56. The molecule has 0 aliphatic rings. The minimum absolute atomic E-state index is 0.292. The van der Waals surface area contributed by atoms with Gasteiger partial charge in [0.25, 0.3) is 0 Å². The van der Waals surface area contributed by atoms with Gasteiger partial charge in [0, 0.05) is 23.1 Å². The Morgan fingerprint density at radius 2 is 1.92 bits per heavy atom. The van der Waals surface area contributed by atoms with Gasteiger partial charge in [0.05, 0.1) is 23.3 Å². The predicted octanol–water partition coefficient (Wildman–Crippen LogP) is 6.42. The number of hydrogen-bond acceptors (Lipinski definition) is 6. The first kappa shape index (κ1) is 25.4. The number of nitrogens with zero attached hydrogens (tertiary/aromatic N) is 2. The number of imidazole rings is 1. The highest BCUT2D eigenvalue weighted by Gasteiger charge is 2.20. The van der Waals surface area contributed by atoms with Crippen LogP contribution in [0.3, 0.4) is 0 Å². The van der Waals surface area contributed by atoms with Gasteiger partial charge >= 0.3 is 5.97 Å². The molecule has 194 valence electrons. The van der Waals surface area contributed by atoms with Gasteiger partial charge in [-0.3, -0.25) is 0 Å². The molecule has 3 aromatic carbocycles. The van der Waals surface area contributed by atoms with Crippen molar-refractivity contribution in [3.05, 3.63) is 94.2 Å². The minimum Gasteiger partial charge on any atom is -0.480 e. The van der Waals surface area contributed by atoms with Crippen molar-refractivity contribution in [2.45, 2.75) is 39.3 Å². The summed E-state index contributed by atoms with van der Waals surface area (Å²) < 4.78 is 13.8. The lowest BCUT2D eigenvalue weighted by Gasteiger charge is -2.20. The molecule has 4 N–H and O–H groups in total. The van der Waals surface area contributed by atoms with Crippen LogP contribution in [0.15, 0.2) is 66.0 Å². The summed E-state index contributed by atoms with van der Waals surface area (Å²) in [6.45, 7) is 4.25. The van der Waals surface area contributed by atoms with Crippen LogP contribution >= 0.6 is 11.3 Å². The molecule has 0 radical (unpaired) electrons. The van der Waals surface area contributed by atoms with E-state index in [2.05, 4.69) is 20.6 Å². The van der Waals surface area contributed by atoms with Crippen molar-refractivity contribution in [3.63, 3.8) is 0 Å². The van der Waals surface area contributed by atoms with E-state index < -0.39 is 12.0 Å². The first-order chi connectivity index (χ1) is 18.4.